The van der Waals surface area contributed by atoms with Crippen molar-refractivity contribution in [2.75, 3.05) is 32.1 Å². The second-order valence-electron chi connectivity index (χ2n) is 5.52. The van der Waals surface area contributed by atoms with Crippen LogP contribution in [0.2, 0.25) is 0 Å². The molecule has 1 aliphatic heterocycles. The minimum absolute atomic E-state index is 0.0183. The number of hydrogen-bond acceptors (Lipinski definition) is 3. The van der Waals surface area contributed by atoms with Crippen molar-refractivity contribution in [1.82, 2.24) is 10.0 Å². The summed E-state index contributed by atoms with van der Waals surface area (Å²) in [5.74, 6) is -0.195. The fourth-order valence-electron chi connectivity index (χ4n) is 2.85. The van der Waals surface area contributed by atoms with Crippen LogP contribution < -0.4 is 5.32 Å². The molecule has 2 rings (SSSR count). The van der Waals surface area contributed by atoms with E-state index >= 15 is 0 Å². The van der Waals surface area contributed by atoms with Gasteiger partial charge in [-0.2, -0.15) is 0 Å². The largest absolute Gasteiger partial charge is 0.375 e. The topological polar surface area (TPSA) is 61.9 Å². The molecule has 0 atom stereocenters. The van der Waals surface area contributed by atoms with E-state index in [1.165, 1.54) is 17.1 Å². The molecular formula is C17H25N3O3. The standard InChI is InChI=1S/C17H25N3O3/c1-4-13-8-6-9-14(5-2)16(13)18-17(22)20-11-7-10-19(20)15(21)12-23-3/h6,8-9H,4-5,7,10-12H2,1-3H3,(H,18,22). The lowest BCUT2D eigenvalue weighted by Gasteiger charge is -2.28. The quantitative estimate of drug-likeness (QED) is 0.907. The molecule has 0 bridgehead atoms. The fraction of sp³-hybridized carbons (Fsp3) is 0.529. The Balaban J connectivity index is 2.17. The molecule has 6 heteroatoms. The summed E-state index contributed by atoms with van der Waals surface area (Å²) >= 11 is 0. The molecule has 0 aromatic heterocycles. The van der Waals surface area contributed by atoms with Gasteiger partial charge >= 0.3 is 6.03 Å². The van der Waals surface area contributed by atoms with Gasteiger partial charge in [-0.05, 0) is 30.4 Å². The lowest BCUT2D eigenvalue weighted by molar-refractivity contribution is -0.143. The van der Waals surface area contributed by atoms with E-state index in [9.17, 15) is 9.59 Å². The number of rotatable bonds is 5. The molecule has 0 spiro atoms. The molecule has 1 aliphatic rings. The average molecular weight is 319 g/mol. The van der Waals surface area contributed by atoms with Crippen molar-refractivity contribution in [3.8, 4) is 0 Å². The molecular weight excluding hydrogens is 294 g/mol. The van der Waals surface area contributed by atoms with Crippen molar-refractivity contribution in [1.29, 1.82) is 0 Å². The number of hydrogen-bond donors (Lipinski definition) is 1. The van der Waals surface area contributed by atoms with Crippen molar-refractivity contribution >= 4 is 17.6 Å². The van der Waals surface area contributed by atoms with E-state index in [-0.39, 0.29) is 18.5 Å². The number of para-hydroxylation sites is 1. The molecule has 1 aromatic rings. The Morgan fingerprint density at radius 2 is 1.74 bits per heavy atom. The van der Waals surface area contributed by atoms with Gasteiger partial charge in [0.25, 0.3) is 5.91 Å². The SMILES string of the molecule is CCc1cccc(CC)c1NC(=O)N1CCCN1C(=O)COC. The Morgan fingerprint density at radius 3 is 2.30 bits per heavy atom. The molecule has 1 fully saturated rings. The second kappa shape index (κ2) is 7.97. The maximum Gasteiger partial charge on any atom is 0.340 e. The number of methoxy groups -OCH3 is 1. The zero-order chi connectivity index (χ0) is 16.8. The monoisotopic (exact) mass is 319 g/mol. The maximum atomic E-state index is 12.7. The molecule has 1 heterocycles. The first-order valence-corrected chi connectivity index (χ1v) is 8.10. The molecule has 0 radical (unpaired) electrons. The molecule has 1 N–H and O–H groups in total. The van der Waals surface area contributed by atoms with Gasteiger partial charge < -0.3 is 10.1 Å². The highest BCUT2D eigenvalue weighted by molar-refractivity contribution is 5.93. The third-order valence-electron chi connectivity index (χ3n) is 4.05. The highest BCUT2D eigenvalue weighted by Gasteiger charge is 2.31. The predicted octanol–water partition coefficient (Wildman–Crippen LogP) is 2.44. The first-order valence-electron chi connectivity index (χ1n) is 8.10. The summed E-state index contributed by atoms with van der Waals surface area (Å²) in [6, 6.07) is 5.79. The highest BCUT2D eigenvalue weighted by Crippen LogP contribution is 2.24. The van der Waals surface area contributed by atoms with Crippen LogP contribution in [-0.4, -0.2) is 48.8 Å². The second-order valence-corrected chi connectivity index (χ2v) is 5.52. The number of amides is 3. The lowest BCUT2D eigenvalue weighted by atomic mass is 10.0. The zero-order valence-electron chi connectivity index (χ0n) is 14.1. The minimum atomic E-state index is -0.262. The molecule has 0 aliphatic carbocycles. The first-order chi connectivity index (χ1) is 11.1. The van der Waals surface area contributed by atoms with Crippen LogP contribution in [0.3, 0.4) is 0 Å². The summed E-state index contributed by atoms with van der Waals surface area (Å²) in [6.07, 6.45) is 2.46. The number of anilines is 1. The van der Waals surface area contributed by atoms with Gasteiger partial charge in [-0.15, -0.1) is 0 Å². The Kier molecular flexibility index (Phi) is 5.98. The fourth-order valence-corrected chi connectivity index (χ4v) is 2.85. The van der Waals surface area contributed by atoms with E-state index < -0.39 is 0 Å². The molecule has 3 amide bonds. The van der Waals surface area contributed by atoms with Gasteiger partial charge in [-0.1, -0.05) is 32.0 Å². The van der Waals surface area contributed by atoms with Crippen molar-refractivity contribution in [3.05, 3.63) is 29.3 Å². The Bertz CT molecular complexity index is 552. The smallest absolute Gasteiger partial charge is 0.340 e. The summed E-state index contributed by atoms with van der Waals surface area (Å²) in [7, 11) is 1.48. The predicted molar refractivity (Wildman–Crippen MR) is 89.1 cm³/mol. The van der Waals surface area contributed by atoms with Crippen LogP contribution in [0.25, 0.3) is 0 Å². The van der Waals surface area contributed by atoms with E-state index in [0.717, 1.165) is 36.1 Å². The van der Waals surface area contributed by atoms with Crippen LogP contribution in [0.15, 0.2) is 18.2 Å². The number of nitrogens with zero attached hydrogens (tertiary/aromatic N) is 2. The zero-order valence-corrected chi connectivity index (χ0v) is 14.1. The van der Waals surface area contributed by atoms with Gasteiger partial charge in [-0.3, -0.25) is 4.79 Å². The Labute approximate surface area is 137 Å². The summed E-state index contributed by atoms with van der Waals surface area (Å²) in [6.45, 7) is 5.20. The van der Waals surface area contributed by atoms with E-state index in [0.29, 0.717) is 13.1 Å². The third kappa shape index (κ3) is 3.82. The van der Waals surface area contributed by atoms with Crippen molar-refractivity contribution < 1.29 is 14.3 Å². The number of carbonyl (C=O) groups excluding carboxylic acids is 2. The molecule has 1 saturated heterocycles. The van der Waals surface area contributed by atoms with E-state index in [1.807, 2.05) is 18.2 Å². The van der Waals surface area contributed by atoms with E-state index in [4.69, 9.17) is 4.74 Å². The van der Waals surface area contributed by atoms with E-state index in [2.05, 4.69) is 19.2 Å². The van der Waals surface area contributed by atoms with Gasteiger partial charge in [0.15, 0.2) is 0 Å². The van der Waals surface area contributed by atoms with Gasteiger partial charge in [0, 0.05) is 25.9 Å². The van der Waals surface area contributed by atoms with E-state index in [1.54, 1.807) is 0 Å². The molecule has 126 valence electrons. The minimum Gasteiger partial charge on any atom is -0.375 e. The van der Waals surface area contributed by atoms with Gasteiger partial charge in [0.1, 0.15) is 6.61 Å². The molecule has 6 nitrogen and oxygen atoms in total. The average Bonchev–Trinajstić information content (AvgIpc) is 3.05. The van der Waals surface area contributed by atoms with Crippen LogP contribution in [0.5, 0.6) is 0 Å². The number of urea groups is 1. The van der Waals surface area contributed by atoms with Crippen LogP contribution in [0.1, 0.15) is 31.4 Å². The summed E-state index contributed by atoms with van der Waals surface area (Å²) in [5.41, 5.74) is 3.08. The number of carbonyl (C=O) groups is 2. The van der Waals surface area contributed by atoms with Crippen molar-refractivity contribution in [2.45, 2.75) is 33.1 Å². The Hall–Kier alpha value is -2.08. The first kappa shape index (κ1) is 17.3. The van der Waals surface area contributed by atoms with Crippen LogP contribution in [-0.2, 0) is 22.4 Å². The van der Waals surface area contributed by atoms with Crippen LogP contribution in [0.4, 0.5) is 10.5 Å². The van der Waals surface area contributed by atoms with Crippen molar-refractivity contribution in [3.63, 3.8) is 0 Å². The highest BCUT2D eigenvalue weighted by atomic mass is 16.5. The number of aryl methyl sites for hydroxylation is 2. The van der Waals surface area contributed by atoms with Gasteiger partial charge in [-0.25, -0.2) is 14.8 Å². The van der Waals surface area contributed by atoms with Gasteiger partial charge in [0.2, 0.25) is 0 Å². The summed E-state index contributed by atoms with van der Waals surface area (Å²) in [4.78, 5) is 24.7. The normalized spacial score (nSPS) is 14.2. The lowest BCUT2D eigenvalue weighted by Crippen LogP contribution is -2.48. The molecule has 23 heavy (non-hydrogen) atoms. The molecule has 0 unspecified atom stereocenters. The number of nitrogens with one attached hydrogen (secondary N) is 1. The third-order valence-corrected chi connectivity index (χ3v) is 4.05. The number of ether oxygens (including phenoxy) is 1. The van der Waals surface area contributed by atoms with Crippen molar-refractivity contribution in [2.24, 2.45) is 0 Å². The number of hydrazine groups is 1. The summed E-state index contributed by atoms with van der Waals surface area (Å²) < 4.78 is 4.89. The summed E-state index contributed by atoms with van der Waals surface area (Å²) in [5, 5.41) is 5.95. The molecule has 1 aromatic carbocycles. The van der Waals surface area contributed by atoms with Crippen LogP contribution in [0, 0.1) is 0 Å². The Morgan fingerprint density at radius 1 is 1.13 bits per heavy atom. The maximum absolute atomic E-state index is 12.7. The van der Waals surface area contributed by atoms with Crippen LogP contribution >= 0.6 is 0 Å². The number of benzene rings is 1. The van der Waals surface area contributed by atoms with Gasteiger partial charge in [0.05, 0.1) is 0 Å². The molecule has 0 saturated carbocycles.